The summed E-state index contributed by atoms with van der Waals surface area (Å²) in [6.07, 6.45) is 1.67. The van der Waals surface area contributed by atoms with Gasteiger partial charge in [0.05, 0.1) is 19.8 Å². The van der Waals surface area contributed by atoms with Crippen LogP contribution in [0.3, 0.4) is 0 Å². The Hall–Kier alpha value is -1.03. The third kappa shape index (κ3) is 2.86. The monoisotopic (exact) mass is 314 g/mol. The second-order valence-electron chi connectivity index (χ2n) is 4.04. The molecule has 0 N–H and O–H groups in total. The molecule has 0 atom stereocenters. The lowest BCUT2D eigenvalue weighted by Crippen LogP contribution is -2.14. The van der Waals surface area contributed by atoms with Crippen molar-refractivity contribution in [3.63, 3.8) is 0 Å². The number of ether oxygens (including phenoxy) is 2. The average molecular weight is 315 g/mol. The largest absolute Gasteiger partial charge is 0.495 e. The summed E-state index contributed by atoms with van der Waals surface area (Å²) in [5, 5.41) is 0. The fourth-order valence-corrected chi connectivity index (χ4v) is 2.64. The van der Waals surface area contributed by atoms with E-state index >= 15 is 0 Å². The highest BCUT2D eigenvalue weighted by Crippen LogP contribution is 2.38. The molecule has 100 valence electrons. The molecular formula is C14H19BrO3. The molecule has 0 aliphatic carbocycles. The second-order valence-corrected chi connectivity index (χ2v) is 4.83. The van der Waals surface area contributed by atoms with Crippen molar-refractivity contribution in [3.05, 3.63) is 22.2 Å². The van der Waals surface area contributed by atoms with Crippen LogP contribution in [0.25, 0.3) is 0 Å². The molecule has 0 fully saturated rings. The summed E-state index contributed by atoms with van der Waals surface area (Å²) in [4.78, 5) is 12.4. The summed E-state index contributed by atoms with van der Waals surface area (Å²) >= 11 is 3.41. The summed E-state index contributed by atoms with van der Waals surface area (Å²) in [7, 11) is 3.14. The second kappa shape index (κ2) is 6.78. The summed E-state index contributed by atoms with van der Waals surface area (Å²) < 4.78 is 11.2. The minimum Gasteiger partial charge on any atom is -0.495 e. The Labute approximate surface area is 117 Å². The molecule has 0 bridgehead atoms. The van der Waals surface area contributed by atoms with Crippen LogP contribution in [0.1, 0.15) is 37.0 Å². The van der Waals surface area contributed by atoms with Crippen molar-refractivity contribution in [3.8, 4) is 11.5 Å². The van der Waals surface area contributed by atoms with Crippen LogP contribution in [-0.2, 0) is 0 Å². The van der Waals surface area contributed by atoms with E-state index in [1.807, 2.05) is 13.8 Å². The molecule has 0 aliphatic rings. The van der Waals surface area contributed by atoms with Crippen LogP contribution in [0.15, 0.2) is 16.6 Å². The van der Waals surface area contributed by atoms with Crippen LogP contribution >= 0.6 is 15.9 Å². The summed E-state index contributed by atoms with van der Waals surface area (Å²) in [6.45, 7) is 4.05. The van der Waals surface area contributed by atoms with Crippen LogP contribution in [0.4, 0.5) is 0 Å². The van der Waals surface area contributed by atoms with E-state index in [9.17, 15) is 4.79 Å². The molecule has 0 saturated heterocycles. The van der Waals surface area contributed by atoms with Crippen molar-refractivity contribution in [2.75, 3.05) is 14.2 Å². The Bertz CT molecular complexity index is 425. The average Bonchev–Trinajstić information content (AvgIpc) is 2.39. The number of carbonyl (C=O) groups is 1. The van der Waals surface area contributed by atoms with E-state index in [0.717, 1.165) is 12.8 Å². The number of rotatable bonds is 6. The van der Waals surface area contributed by atoms with Crippen LogP contribution < -0.4 is 9.47 Å². The molecular weight excluding hydrogens is 296 g/mol. The third-order valence-corrected chi connectivity index (χ3v) is 3.86. The lowest BCUT2D eigenvalue weighted by Gasteiger charge is -2.16. The maximum absolute atomic E-state index is 12.4. The van der Waals surface area contributed by atoms with Crippen molar-refractivity contribution >= 4 is 21.7 Å². The van der Waals surface area contributed by atoms with E-state index in [1.54, 1.807) is 26.4 Å². The van der Waals surface area contributed by atoms with Crippen molar-refractivity contribution < 1.29 is 14.3 Å². The molecule has 1 aromatic carbocycles. The molecule has 4 heteroatoms. The van der Waals surface area contributed by atoms with E-state index < -0.39 is 0 Å². The van der Waals surface area contributed by atoms with Crippen molar-refractivity contribution in [2.45, 2.75) is 26.7 Å². The Morgan fingerprint density at radius 2 is 1.83 bits per heavy atom. The zero-order valence-corrected chi connectivity index (χ0v) is 12.8. The first-order valence-electron chi connectivity index (χ1n) is 6.05. The van der Waals surface area contributed by atoms with Crippen LogP contribution in [0.5, 0.6) is 11.5 Å². The van der Waals surface area contributed by atoms with E-state index in [0.29, 0.717) is 21.5 Å². The molecule has 0 aliphatic heterocycles. The van der Waals surface area contributed by atoms with Gasteiger partial charge in [-0.3, -0.25) is 4.79 Å². The minimum atomic E-state index is 0.0409. The van der Waals surface area contributed by atoms with Gasteiger partial charge < -0.3 is 9.47 Å². The SMILES string of the molecule is CCC(CC)C(=O)c1ccc(OC)c(Br)c1OC. The number of halogens is 1. The quantitative estimate of drug-likeness (QED) is 0.742. The highest BCUT2D eigenvalue weighted by molar-refractivity contribution is 9.10. The van der Waals surface area contributed by atoms with Gasteiger partial charge in [-0.2, -0.15) is 0 Å². The first-order chi connectivity index (χ1) is 8.60. The highest BCUT2D eigenvalue weighted by Gasteiger charge is 2.23. The molecule has 0 spiro atoms. The van der Waals surface area contributed by atoms with Gasteiger partial charge in [-0.25, -0.2) is 0 Å². The number of Topliss-reactive ketones (excluding diaryl/α,β-unsaturated/α-hetero) is 1. The highest BCUT2D eigenvalue weighted by atomic mass is 79.9. The topological polar surface area (TPSA) is 35.5 Å². The number of hydrogen-bond donors (Lipinski definition) is 0. The van der Waals surface area contributed by atoms with Crippen LogP contribution in [0.2, 0.25) is 0 Å². The number of carbonyl (C=O) groups excluding carboxylic acids is 1. The predicted molar refractivity (Wildman–Crippen MR) is 75.6 cm³/mol. The van der Waals surface area contributed by atoms with Gasteiger partial charge in [-0.1, -0.05) is 13.8 Å². The van der Waals surface area contributed by atoms with Gasteiger partial charge in [0.25, 0.3) is 0 Å². The van der Waals surface area contributed by atoms with Gasteiger partial charge in [0, 0.05) is 5.92 Å². The number of hydrogen-bond acceptors (Lipinski definition) is 3. The van der Waals surface area contributed by atoms with E-state index in [1.165, 1.54) is 0 Å². The van der Waals surface area contributed by atoms with Crippen molar-refractivity contribution in [1.82, 2.24) is 0 Å². The first-order valence-corrected chi connectivity index (χ1v) is 6.84. The molecule has 0 radical (unpaired) electrons. The van der Waals surface area contributed by atoms with Gasteiger partial charge in [-0.05, 0) is 40.9 Å². The Morgan fingerprint density at radius 3 is 2.28 bits per heavy atom. The van der Waals surface area contributed by atoms with Gasteiger partial charge >= 0.3 is 0 Å². The Balaban J connectivity index is 3.24. The standard InChI is InChI=1S/C14H19BrO3/c1-5-9(6-2)13(16)10-7-8-11(17-3)12(15)14(10)18-4/h7-9H,5-6H2,1-4H3. The predicted octanol–water partition coefficient (Wildman–Crippen LogP) is 4.09. The normalized spacial score (nSPS) is 10.6. The summed E-state index contributed by atoms with van der Waals surface area (Å²) in [5.41, 5.74) is 0.610. The third-order valence-electron chi connectivity index (χ3n) is 3.11. The van der Waals surface area contributed by atoms with Gasteiger partial charge in [0.1, 0.15) is 16.0 Å². The van der Waals surface area contributed by atoms with Crippen molar-refractivity contribution in [2.24, 2.45) is 5.92 Å². The number of benzene rings is 1. The molecule has 0 unspecified atom stereocenters. The molecule has 0 aromatic heterocycles. The molecule has 1 rings (SSSR count). The summed E-state index contributed by atoms with van der Waals surface area (Å²) in [6, 6.07) is 3.55. The molecule has 1 aromatic rings. The Kier molecular flexibility index (Phi) is 5.66. The number of ketones is 1. The smallest absolute Gasteiger partial charge is 0.169 e. The maximum Gasteiger partial charge on any atom is 0.169 e. The first kappa shape index (κ1) is 15.0. The van der Waals surface area contributed by atoms with Gasteiger partial charge in [-0.15, -0.1) is 0 Å². The van der Waals surface area contributed by atoms with E-state index in [2.05, 4.69) is 15.9 Å². The molecule has 0 heterocycles. The molecule has 0 amide bonds. The van der Waals surface area contributed by atoms with Crippen LogP contribution in [-0.4, -0.2) is 20.0 Å². The van der Waals surface area contributed by atoms with Crippen LogP contribution in [0, 0.1) is 5.92 Å². The zero-order valence-electron chi connectivity index (χ0n) is 11.2. The zero-order chi connectivity index (χ0) is 13.7. The molecule has 18 heavy (non-hydrogen) atoms. The fourth-order valence-electron chi connectivity index (χ4n) is 1.97. The molecule has 0 saturated carbocycles. The van der Waals surface area contributed by atoms with E-state index in [-0.39, 0.29) is 11.7 Å². The summed E-state index contributed by atoms with van der Waals surface area (Å²) in [5.74, 6) is 1.37. The van der Waals surface area contributed by atoms with Crippen molar-refractivity contribution in [1.29, 1.82) is 0 Å². The Morgan fingerprint density at radius 1 is 1.22 bits per heavy atom. The maximum atomic E-state index is 12.4. The van der Waals surface area contributed by atoms with Gasteiger partial charge in [0.2, 0.25) is 0 Å². The minimum absolute atomic E-state index is 0.0409. The lowest BCUT2D eigenvalue weighted by molar-refractivity contribution is 0.0910. The van der Waals surface area contributed by atoms with E-state index in [4.69, 9.17) is 9.47 Å². The fraction of sp³-hybridized carbons (Fsp3) is 0.500. The lowest BCUT2D eigenvalue weighted by atomic mass is 9.92. The molecule has 3 nitrogen and oxygen atoms in total. The number of methoxy groups -OCH3 is 2. The van der Waals surface area contributed by atoms with Gasteiger partial charge in [0.15, 0.2) is 5.78 Å².